The van der Waals surface area contributed by atoms with Gasteiger partial charge in [0.2, 0.25) is 0 Å². The topological polar surface area (TPSA) is 58.2 Å². The van der Waals surface area contributed by atoms with Gasteiger partial charge in [0.05, 0.1) is 10.6 Å². The van der Waals surface area contributed by atoms with Gasteiger partial charge < -0.3 is 5.32 Å². The molecule has 0 heterocycles. The van der Waals surface area contributed by atoms with Crippen molar-refractivity contribution in [2.24, 2.45) is 0 Å². The molecule has 0 saturated carbocycles. The van der Waals surface area contributed by atoms with Gasteiger partial charge in [-0.2, -0.15) is 0 Å². The van der Waals surface area contributed by atoms with Crippen molar-refractivity contribution in [2.45, 2.75) is 11.4 Å². The van der Waals surface area contributed by atoms with Gasteiger partial charge in [0.25, 0.3) is 10.0 Å². The zero-order chi connectivity index (χ0) is 15.5. The molecule has 0 bridgehead atoms. The van der Waals surface area contributed by atoms with Crippen LogP contribution in [0.25, 0.3) is 0 Å². The smallest absolute Gasteiger partial charge is 0.261 e. The Bertz CT molecular complexity index is 750. The Labute approximate surface area is 131 Å². The fraction of sp³-hybridized carbons (Fsp3) is 0.143. The van der Waals surface area contributed by atoms with Crippen LogP contribution in [0.3, 0.4) is 0 Å². The molecule has 0 fully saturated rings. The summed E-state index contributed by atoms with van der Waals surface area (Å²) < 4.78 is 41.1. The number of hydrogen-bond acceptors (Lipinski definition) is 3. The molecule has 0 aliphatic heterocycles. The van der Waals surface area contributed by atoms with E-state index in [-0.39, 0.29) is 10.6 Å². The van der Waals surface area contributed by atoms with Gasteiger partial charge in [-0.1, -0.05) is 28.1 Å². The molecular formula is C14H14BrFN2O2S. The summed E-state index contributed by atoms with van der Waals surface area (Å²) in [6, 6.07) is 10.6. The summed E-state index contributed by atoms with van der Waals surface area (Å²) in [6.45, 7) is 0.552. The lowest BCUT2D eigenvalue weighted by Crippen LogP contribution is -2.15. The second-order valence-corrected chi connectivity index (χ2v) is 7.01. The zero-order valence-electron chi connectivity index (χ0n) is 11.2. The third-order valence-electron chi connectivity index (χ3n) is 2.77. The molecule has 0 unspecified atom stereocenters. The van der Waals surface area contributed by atoms with Gasteiger partial charge in [0.15, 0.2) is 0 Å². The minimum absolute atomic E-state index is 0.0859. The molecule has 7 heteroatoms. The van der Waals surface area contributed by atoms with Crippen molar-refractivity contribution in [1.82, 2.24) is 5.32 Å². The van der Waals surface area contributed by atoms with E-state index in [2.05, 4.69) is 26.0 Å². The molecule has 0 spiro atoms. The maximum Gasteiger partial charge on any atom is 0.261 e. The maximum atomic E-state index is 13.7. The van der Waals surface area contributed by atoms with E-state index >= 15 is 0 Å². The third-order valence-corrected chi connectivity index (χ3v) is 4.62. The summed E-state index contributed by atoms with van der Waals surface area (Å²) in [5.74, 6) is -0.640. The number of halogens is 2. The first-order chi connectivity index (χ1) is 9.92. The van der Waals surface area contributed by atoms with Crippen molar-refractivity contribution < 1.29 is 12.8 Å². The van der Waals surface area contributed by atoms with E-state index in [0.717, 1.165) is 5.56 Å². The quantitative estimate of drug-likeness (QED) is 0.847. The van der Waals surface area contributed by atoms with Crippen LogP contribution < -0.4 is 10.0 Å². The number of benzene rings is 2. The molecule has 21 heavy (non-hydrogen) atoms. The predicted octanol–water partition coefficient (Wildman–Crippen LogP) is 3.11. The van der Waals surface area contributed by atoms with E-state index in [1.807, 2.05) is 6.07 Å². The van der Waals surface area contributed by atoms with Gasteiger partial charge in [-0.3, -0.25) is 4.72 Å². The highest BCUT2D eigenvalue weighted by Gasteiger charge is 2.16. The van der Waals surface area contributed by atoms with E-state index in [9.17, 15) is 12.8 Å². The lowest BCUT2D eigenvalue weighted by molar-refractivity contribution is 0.598. The minimum Gasteiger partial charge on any atom is -0.316 e. The Morgan fingerprint density at radius 1 is 1.19 bits per heavy atom. The Kier molecular flexibility index (Phi) is 4.97. The number of hydrogen-bond donors (Lipinski definition) is 2. The standard InChI is InChI=1S/C14H14BrFN2O2S/c1-17-9-10-3-2-4-12(7-10)21(19,20)18-14-6-5-11(15)8-13(14)16/h2-8,17-18H,9H2,1H3. The van der Waals surface area contributed by atoms with Crippen molar-refractivity contribution in [1.29, 1.82) is 0 Å². The van der Waals surface area contributed by atoms with Crippen LogP contribution in [0.2, 0.25) is 0 Å². The third kappa shape index (κ3) is 4.03. The summed E-state index contributed by atoms with van der Waals surface area (Å²) in [5, 5.41) is 2.95. The maximum absolute atomic E-state index is 13.7. The van der Waals surface area contributed by atoms with E-state index in [0.29, 0.717) is 11.0 Å². The molecule has 112 valence electrons. The molecule has 0 atom stereocenters. The lowest BCUT2D eigenvalue weighted by Gasteiger charge is -2.10. The molecule has 0 radical (unpaired) electrons. The number of anilines is 1. The molecule has 2 aromatic carbocycles. The summed E-state index contributed by atoms with van der Waals surface area (Å²) >= 11 is 3.12. The van der Waals surface area contributed by atoms with Crippen molar-refractivity contribution in [2.75, 3.05) is 11.8 Å². The largest absolute Gasteiger partial charge is 0.316 e. The second-order valence-electron chi connectivity index (χ2n) is 4.41. The predicted molar refractivity (Wildman–Crippen MR) is 84.1 cm³/mol. The van der Waals surface area contributed by atoms with Crippen molar-refractivity contribution in [3.8, 4) is 0 Å². The molecule has 0 aliphatic rings. The minimum atomic E-state index is -3.82. The molecule has 0 aromatic heterocycles. The van der Waals surface area contributed by atoms with Crippen LogP contribution in [0.5, 0.6) is 0 Å². The van der Waals surface area contributed by atoms with Crippen LogP contribution in [0.4, 0.5) is 10.1 Å². The van der Waals surface area contributed by atoms with E-state index in [1.165, 1.54) is 18.2 Å². The first-order valence-corrected chi connectivity index (χ1v) is 8.41. The first kappa shape index (κ1) is 15.9. The van der Waals surface area contributed by atoms with E-state index in [4.69, 9.17) is 0 Å². The monoisotopic (exact) mass is 372 g/mol. The average molecular weight is 373 g/mol. The molecule has 2 N–H and O–H groups in total. The van der Waals surface area contributed by atoms with Gasteiger partial charge in [-0.15, -0.1) is 0 Å². The van der Waals surface area contributed by atoms with Crippen LogP contribution >= 0.6 is 15.9 Å². The van der Waals surface area contributed by atoms with Crippen LogP contribution in [0.15, 0.2) is 51.8 Å². The second kappa shape index (κ2) is 6.55. The van der Waals surface area contributed by atoms with Crippen LogP contribution in [-0.4, -0.2) is 15.5 Å². The summed E-state index contributed by atoms with van der Waals surface area (Å²) in [6.07, 6.45) is 0. The molecule has 0 aliphatic carbocycles. The van der Waals surface area contributed by atoms with Crippen LogP contribution in [0, 0.1) is 5.82 Å². The van der Waals surface area contributed by atoms with Crippen molar-refractivity contribution in [3.05, 3.63) is 58.3 Å². The van der Waals surface area contributed by atoms with Gasteiger partial charge in [-0.05, 0) is 42.9 Å². The normalized spacial score (nSPS) is 11.4. The average Bonchev–Trinajstić information content (AvgIpc) is 2.43. The van der Waals surface area contributed by atoms with E-state index in [1.54, 1.807) is 25.2 Å². The van der Waals surface area contributed by atoms with E-state index < -0.39 is 15.8 Å². The number of nitrogens with one attached hydrogen (secondary N) is 2. The van der Waals surface area contributed by atoms with Gasteiger partial charge in [-0.25, -0.2) is 12.8 Å². The lowest BCUT2D eigenvalue weighted by atomic mass is 10.2. The first-order valence-electron chi connectivity index (χ1n) is 6.14. The summed E-state index contributed by atoms with van der Waals surface area (Å²) in [5.41, 5.74) is 0.744. The Hall–Kier alpha value is -1.44. The molecule has 2 rings (SSSR count). The zero-order valence-corrected chi connectivity index (χ0v) is 13.6. The van der Waals surface area contributed by atoms with Crippen molar-refractivity contribution >= 4 is 31.6 Å². The van der Waals surface area contributed by atoms with Gasteiger partial charge >= 0.3 is 0 Å². The highest BCUT2D eigenvalue weighted by Crippen LogP contribution is 2.22. The molecular weight excluding hydrogens is 359 g/mol. The van der Waals surface area contributed by atoms with Gasteiger partial charge in [0, 0.05) is 11.0 Å². The fourth-order valence-corrected chi connectivity index (χ4v) is 3.27. The van der Waals surface area contributed by atoms with Gasteiger partial charge in [0.1, 0.15) is 5.82 Å². The SMILES string of the molecule is CNCc1cccc(S(=O)(=O)Nc2ccc(Br)cc2F)c1. The summed E-state index contributed by atoms with van der Waals surface area (Å²) in [7, 11) is -2.05. The Morgan fingerprint density at radius 3 is 2.62 bits per heavy atom. The molecule has 2 aromatic rings. The number of rotatable bonds is 5. The van der Waals surface area contributed by atoms with Crippen molar-refractivity contribution in [3.63, 3.8) is 0 Å². The highest BCUT2D eigenvalue weighted by atomic mass is 79.9. The number of sulfonamides is 1. The van der Waals surface area contributed by atoms with Crippen LogP contribution in [0.1, 0.15) is 5.56 Å². The highest BCUT2D eigenvalue weighted by molar-refractivity contribution is 9.10. The molecule has 0 amide bonds. The molecule has 0 saturated heterocycles. The molecule has 4 nitrogen and oxygen atoms in total. The fourth-order valence-electron chi connectivity index (χ4n) is 1.80. The van der Waals surface area contributed by atoms with Crippen LogP contribution in [-0.2, 0) is 16.6 Å². The summed E-state index contributed by atoms with van der Waals surface area (Å²) in [4.78, 5) is 0.0950. The Balaban J connectivity index is 2.31. The Morgan fingerprint density at radius 2 is 1.95 bits per heavy atom.